The average molecular weight is 329 g/mol. The minimum Gasteiger partial charge on any atom is -0.481 e. The topological polar surface area (TPSA) is 72.3 Å². The molecule has 1 saturated heterocycles. The Labute approximate surface area is 141 Å². The van der Waals surface area contributed by atoms with Crippen molar-refractivity contribution in [2.24, 2.45) is 0 Å². The zero-order chi connectivity index (χ0) is 16.9. The van der Waals surface area contributed by atoms with Gasteiger partial charge in [0.15, 0.2) is 0 Å². The van der Waals surface area contributed by atoms with Crippen molar-refractivity contribution in [3.63, 3.8) is 0 Å². The van der Waals surface area contributed by atoms with Crippen molar-refractivity contribution < 1.29 is 9.53 Å². The molecule has 2 aromatic rings. The van der Waals surface area contributed by atoms with Crippen LogP contribution in [0.15, 0.2) is 30.6 Å². The van der Waals surface area contributed by atoms with Crippen molar-refractivity contribution in [3.8, 4) is 5.88 Å². The Kier molecular flexibility index (Phi) is 5.10. The molecule has 7 nitrogen and oxygen atoms in total. The third-order valence-electron chi connectivity index (χ3n) is 4.27. The van der Waals surface area contributed by atoms with Crippen molar-refractivity contribution in [2.75, 3.05) is 20.2 Å². The summed E-state index contributed by atoms with van der Waals surface area (Å²) in [5.74, 6) is 0.574. The Balaban J connectivity index is 1.52. The largest absolute Gasteiger partial charge is 0.481 e. The first-order chi connectivity index (χ1) is 11.7. The Morgan fingerprint density at radius 3 is 3.00 bits per heavy atom. The summed E-state index contributed by atoms with van der Waals surface area (Å²) in [5, 5.41) is 7.26. The molecule has 1 amide bonds. The number of carbonyl (C=O) groups excluding carboxylic acids is 1. The molecule has 1 fully saturated rings. The van der Waals surface area contributed by atoms with Crippen LogP contribution in [0, 0.1) is 0 Å². The van der Waals surface area contributed by atoms with E-state index in [9.17, 15) is 4.79 Å². The van der Waals surface area contributed by atoms with Crippen LogP contribution in [-0.4, -0.2) is 51.8 Å². The SMILES string of the molecule is CCn1nccc1C(=O)NC1CCN(Cc2ccc(OC)nc2)C1. The van der Waals surface area contributed by atoms with Gasteiger partial charge in [-0.15, -0.1) is 0 Å². The van der Waals surface area contributed by atoms with Crippen LogP contribution in [0.4, 0.5) is 0 Å². The lowest BCUT2D eigenvalue weighted by Gasteiger charge is -2.17. The Morgan fingerprint density at radius 2 is 2.29 bits per heavy atom. The van der Waals surface area contributed by atoms with Gasteiger partial charge in [0, 0.05) is 50.7 Å². The molecule has 24 heavy (non-hydrogen) atoms. The zero-order valence-electron chi connectivity index (χ0n) is 14.1. The van der Waals surface area contributed by atoms with E-state index in [0.29, 0.717) is 18.1 Å². The van der Waals surface area contributed by atoms with Crippen LogP contribution in [0.3, 0.4) is 0 Å². The van der Waals surface area contributed by atoms with Crippen molar-refractivity contribution in [1.82, 2.24) is 25.0 Å². The molecule has 1 atom stereocenters. The van der Waals surface area contributed by atoms with Gasteiger partial charge in [0.05, 0.1) is 7.11 Å². The minimum atomic E-state index is -0.0488. The molecule has 0 radical (unpaired) electrons. The van der Waals surface area contributed by atoms with Gasteiger partial charge in [-0.1, -0.05) is 6.07 Å². The van der Waals surface area contributed by atoms with E-state index in [0.717, 1.165) is 31.6 Å². The van der Waals surface area contributed by atoms with Crippen molar-refractivity contribution >= 4 is 5.91 Å². The number of pyridine rings is 1. The molecule has 2 aromatic heterocycles. The number of aryl methyl sites for hydroxylation is 1. The second kappa shape index (κ2) is 7.44. The molecule has 7 heteroatoms. The number of nitrogens with one attached hydrogen (secondary N) is 1. The highest BCUT2D eigenvalue weighted by Crippen LogP contribution is 2.15. The van der Waals surface area contributed by atoms with Crippen LogP contribution < -0.4 is 10.1 Å². The summed E-state index contributed by atoms with van der Waals surface area (Å²) in [6, 6.07) is 5.83. The van der Waals surface area contributed by atoms with Gasteiger partial charge < -0.3 is 10.1 Å². The van der Waals surface area contributed by atoms with Crippen LogP contribution in [0.2, 0.25) is 0 Å². The number of hydrogen-bond donors (Lipinski definition) is 1. The van der Waals surface area contributed by atoms with Crippen LogP contribution in [-0.2, 0) is 13.1 Å². The second-order valence-electron chi connectivity index (χ2n) is 5.94. The summed E-state index contributed by atoms with van der Waals surface area (Å²) in [4.78, 5) is 18.9. The lowest BCUT2D eigenvalue weighted by molar-refractivity contribution is 0.0927. The maximum atomic E-state index is 12.4. The van der Waals surface area contributed by atoms with Crippen molar-refractivity contribution in [2.45, 2.75) is 32.5 Å². The van der Waals surface area contributed by atoms with Crippen LogP contribution in [0.25, 0.3) is 0 Å². The molecule has 0 bridgehead atoms. The Hall–Kier alpha value is -2.41. The summed E-state index contributed by atoms with van der Waals surface area (Å²) in [7, 11) is 1.61. The molecule has 1 aliphatic rings. The van der Waals surface area contributed by atoms with Gasteiger partial charge >= 0.3 is 0 Å². The van der Waals surface area contributed by atoms with Gasteiger partial charge in [-0.3, -0.25) is 14.4 Å². The molecule has 1 N–H and O–H groups in total. The van der Waals surface area contributed by atoms with Crippen molar-refractivity contribution in [3.05, 3.63) is 41.9 Å². The summed E-state index contributed by atoms with van der Waals surface area (Å²) < 4.78 is 6.79. The smallest absolute Gasteiger partial charge is 0.269 e. The number of methoxy groups -OCH3 is 1. The number of rotatable bonds is 6. The van der Waals surface area contributed by atoms with E-state index in [1.54, 1.807) is 24.1 Å². The molecule has 0 saturated carbocycles. The van der Waals surface area contributed by atoms with Crippen LogP contribution in [0.1, 0.15) is 29.4 Å². The maximum Gasteiger partial charge on any atom is 0.269 e. The van der Waals surface area contributed by atoms with Gasteiger partial charge in [-0.25, -0.2) is 4.98 Å². The molecule has 0 aliphatic carbocycles. The van der Waals surface area contributed by atoms with Gasteiger partial charge in [0.25, 0.3) is 5.91 Å². The highest BCUT2D eigenvalue weighted by molar-refractivity contribution is 5.92. The fourth-order valence-corrected chi connectivity index (χ4v) is 3.01. The predicted octanol–water partition coefficient (Wildman–Crippen LogP) is 1.31. The highest BCUT2D eigenvalue weighted by Gasteiger charge is 2.25. The second-order valence-corrected chi connectivity index (χ2v) is 5.94. The fraction of sp³-hybridized carbons (Fsp3) is 0.471. The number of nitrogens with zero attached hydrogens (tertiary/aromatic N) is 4. The lowest BCUT2D eigenvalue weighted by Crippen LogP contribution is -2.38. The Morgan fingerprint density at radius 1 is 1.42 bits per heavy atom. The summed E-state index contributed by atoms with van der Waals surface area (Å²) >= 11 is 0. The highest BCUT2D eigenvalue weighted by atomic mass is 16.5. The van der Waals surface area contributed by atoms with E-state index in [-0.39, 0.29) is 11.9 Å². The minimum absolute atomic E-state index is 0.0488. The molecular weight excluding hydrogens is 306 g/mol. The third-order valence-corrected chi connectivity index (χ3v) is 4.27. The first-order valence-corrected chi connectivity index (χ1v) is 8.23. The molecule has 3 rings (SSSR count). The lowest BCUT2D eigenvalue weighted by atomic mass is 10.2. The zero-order valence-corrected chi connectivity index (χ0v) is 14.1. The van der Waals surface area contributed by atoms with Gasteiger partial charge in [-0.05, 0) is 25.0 Å². The fourth-order valence-electron chi connectivity index (χ4n) is 3.01. The van der Waals surface area contributed by atoms with E-state index in [1.807, 2.05) is 25.3 Å². The van der Waals surface area contributed by atoms with E-state index in [2.05, 4.69) is 20.3 Å². The molecule has 0 spiro atoms. The summed E-state index contributed by atoms with van der Waals surface area (Å²) in [6.07, 6.45) is 4.45. The molecule has 1 unspecified atom stereocenters. The summed E-state index contributed by atoms with van der Waals surface area (Å²) in [5.41, 5.74) is 1.77. The first kappa shape index (κ1) is 16.4. The standard InChI is InChI=1S/C17H23N5O2/c1-3-22-15(6-8-19-22)17(23)20-14-7-9-21(12-14)11-13-4-5-16(24-2)18-10-13/h4-6,8,10,14H,3,7,9,11-12H2,1-2H3,(H,20,23). The van der Waals surface area contributed by atoms with Crippen molar-refractivity contribution in [1.29, 1.82) is 0 Å². The number of ether oxygens (including phenoxy) is 1. The van der Waals surface area contributed by atoms with Crippen LogP contribution >= 0.6 is 0 Å². The number of amides is 1. The number of likely N-dealkylation sites (tertiary alicyclic amines) is 1. The summed E-state index contributed by atoms with van der Waals surface area (Å²) in [6.45, 7) is 5.30. The van der Waals surface area contributed by atoms with Gasteiger partial charge in [-0.2, -0.15) is 5.10 Å². The molecule has 3 heterocycles. The van der Waals surface area contributed by atoms with Gasteiger partial charge in [0.1, 0.15) is 5.69 Å². The molecule has 128 valence electrons. The van der Waals surface area contributed by atoms with Crippen LogP contribution in [0.5, 0.6) is 5.88 Å². The molecule has 0 aromatic carbocycles. The average Bonchev–Trinajstić information content (AvgIpc) is 3.24. The van der Waals surface area contributed by atoms with E-state index in [1.165, 1.54) is 0 Å². The van der Waals surface area contributed by atoms with E-state index >= 15 is 0 Å². The van der Waals surface area contributed by atoms with E-state index in [4.69, 9.17) is 4.74 Å². The third kappa shape index (κ3) is 3.73. The number of carbonyl (C=O) groups is 1. The maximum absolute atomic E-state index is 12.4. The molecular formula is C17H23N5O2. The predicted molar refractivity (Wildman–Crippen MR) is 89.8 cm³/mol. The number of aromatic nitrogens is 3. The normalized spacial score (nSPS) is 17.8. The molecule has 1 aliphatic heterocycles. The number of hydrogen-bond acceptors (Lipinski definition) is 5. The Bertz CT molecular complexity index is 683. The quantitative estimate of drug-likeness (QED) is 0.865. The monoisotopic (exact) mass is 329 g/mol. The van der Waals surface area contributed by atoms with Gasteiger partial charge in [0.2, 0.25) is 5.88 Å². The first-order valence-electron chi connectivity index (χ1n) is 8.23. The van der Waals surface area contributed by atoms with E-state index < -0.39 is 0 Å².